The Morgan fingerprint density at radius 2 is 1.66 bits per heavy atom. The van der Waals surface area contributed by atoms with Crippen LogP contribution in [0.2, 0.25) is 0 Å². The number of nitrogens with zero attached hydrogens (tertiary/aromatic N) is 1. The highest BCUT2D eigenvalue weighted by atomic mass is 16.5. The number of hydrazone groups is 1. The Morgan fingerprint density at radius 3 is 2.40 bits per heavy atom. The molecule has 3 aromatic carbocycles. The van der Waals surface area contributed by atoms with Crippen molar-refractivity contribution in [1.82, 2.24) is 10.7 Å². The van der Waals surface area contributed by atoms with Gasteiger partial charge in [0, 0.05) is 12.2 Å². The number of carbonyl (C=O) groups is 3. The van der Waals surface area contributed by atoms with Crippen molar-refractivity contribution in [3.63, 3.8) is 0 Å². The smallest absolute Gasteiger partial charge is 0.329 e. The molecular formula is C26H26N4O5. The molecule has 3 aromatic rings. The molecule has 0 atom stereocenters. The number of amides is 3. The molecular weight excluding hydrogens is 448 g/mol. The molecule has 0 spiro atoms. The number of methoxy groups -OCH3 is 1. The Kier molecular flexibility index (Phi) is 8.95. The van der Waals surface area contributed by atoms with E-state index in [1.54, 1.807) is 18.2 Å². The summed E-state index contributed by atoms with van der Waals surface area (Å²) < 4.78 is 10.9. The molecule has 0 saturated heterocycles. The Bertz CT molecular complexity index is 1210. The number of para-hydroxylation sites is 1. The van der Waals surface area contributed by atoms with Crippen molar-refractivity contribution in [2.75, 3.05) is 19.0 Å². The lowest BCUT2D eigenvalue weighted by molar-refractivity contribution is -0.139. The lowest BCUT2D eigenvalue weighted by atomic mass is 10.2. The molecule has 3 N–H and O–H groups in total. The second kappa shape index (κ2) is 12.5. The van der Waals surface area contributed by atoms with Crippen molar-refractivity contribution in [1.29, 1.82) is 0 Å². The second-order valence-corrected chi connectivity index (χ2v) is 7.43. The third kappa shape index (κ3) is 7.71. The third-order valence-corrected chi connectivity index (χ3v) is 4.85. The molecule has 0 radical (unpaired) electrons. The SMILES string of the molecule is COc1cc(/C=N\NC(=O)C(=O)NCc2ccccc2)ccc1OCC(=O)Nc1ccccc1C. The van der Waals surface area contributed by atoms with E-state index in [2.05, 4.69) is 21.2 Å². The van der Waals surface area contributed by atoms with Gasteiger partial charge in [-0.25, -0.2) is 5.43 Å². The summed E-state index contributed by atoms with van der Waals surface area (Å²) in [6, 6.07) is 21.6. The maximum atomic E-state index is 12.2. The first-order valence-electron chi connectivity index (χ1n) is 10.8. The number of anilines is 1. The van der Waals surface area contributed by atoms with Gasteiger partial charge in [-0.1, -0.05) is 48.5 Å². The van der Waals surface area contributed by atoms with E-state index in [0.29, 0.717) is 17.1 Å². The summed E-state index contributed by atoms with van der Waals surface area (Å²) in [5.74, 6) is -1.24. The summed E-state index contributed by atoms with van der Waals surface area (Å²) in [5.41, 5.74) is 5.31. The number of nitrogens with one attached hydrogen (secondary N) is 3. The topological polar surface area (TPSA) is 118 Å². The van der Waals surface area contributed by atoms with Crippen LogP contribution in [0, 0.1) is 6.92 Å². The first-order valence-corrected chi connectivity index (χ1v) is 10.8. The number of rotatable bonds is 9. The average molecular weight is 475 g/mol. The second-order valence-electron chi connectivity index (χ2n) is 7.43. The van der Waals surface area contributed by atoms with Crippen LogP contribution in [-0.2, 0) is 20.9 Å². The molecule has 0 aliphatic heterocycles. The average Bonchev–Trinajstić information content (AvgIpc) is 2.88. The summed E-state index contributed by atoms with van der Waals surface area (Å²) >= 11 is 0. The first kappa shape index (κ1) is 25.0. The normalized spacial score (nSPS) is 10.5. The van der Waals surface area contributed by atoms with E-state index in [9.17, 15) is 14.4 Å². The fourth-order valence-electron chi connectivity index (χ4n) is 3.00. The Morgan fingerprint density at radius 1 is 0.914 bits per heavy atom. The van der Waals surface area contributed by atoms with Crippen molar-refractivity contribution < 1.29 is 23.9 Å². The van der Waals surface area contributed by atoms with E-state index in [0.717, 1.165) is 16.8 Å². The van der Waals surface area contributed by atoms with Gasteiger partial charge >= 0.3 is 11.8 Å². The van der Waals surface area contributed by atoms with Crippen LogP contribution < -0.4 is 25.5 Å². The molecule has 0 aromatic heterocycles. The highest BCUT2D eigenvalue weighted by molar-refractivity contribution is 6.35. The predicted molar refractivity (Wildman–Crippen MR) is 132 cm³/mol. The van der Waals surface area contributed by atoms with E-state index in [4.69, 9.17) is 9.47 Å². The van der Waals surface area contributed by atoms with Gasteiger partial charge in [0.1, 0.15) is 0 Å². The minimum atomic E-state index is -0.885. The minimum absolute atomic E-state index is 0.202. The first-order chi connectivity index (χ1) is 17.0. The molecule has 0 aliphatic rings. The van der Waals surface area contributed by atoms with Gasteiger partial charge in [0.05, 0.1) is 13.3 Å². The standard InChI is InChI=1S/C26H26N4O5/c1-18-8-6-7-11-21(18)29-24(31)17-35-22-13-12-20(14-23(22)34-2)16-28-30-26(33)25(32)27-15-19-9-4-3-5-10-19/h3-14,16H,15,17H2,1-2H3,(H,27,32)(H,29,31)(H,30,33)/b28-16-. The van der Waals surface area contributed by atoms with E-state index in [1.807, 2.05) is 61.5 Å². The lowest BCUT2D eigenvalue weighted by Crippen LogP contribution is -2.37. The molecule has 0 heterocycles. The van der Waals surface area contributed by atoms with E-state index >= 15 is 0 Å². The maximum absolute atomic E-state index is 12.2. The highest BCUT2D eigenvalue weighted by Gasteiger charge is 2.12. The van der Waals surface area contributed by atoms with Crippen molar-refractivity contribution in [2.24, 2.45) is 5.10 Å². The predicted octanol–water partition coefficient (Wildman–Crippen LogP) is 2.79. The quantitative estimate of drug-likeness (QED) is 0.250. The molecule has 0 saturated carbocycles. The zero-order valence-corrected chi connectivity index (χ0v) is 19.4. The van der Waals surface area contributed by atoms with Crippen LogP contribution in [0.4, 0.5) is 5.69 Å². The molecule has 0 aliphatic carbocycles. The fraction of sp³-hybridized carbons (Fsp3) is 0.154. The molecule has 0 unspecified atom stereocenters. The van der Waals surface area contributed by atoms with E-state index in [-0.39, 0.29) is 19.1 Å². The number of hydrogen-bond donors (Lipinski definition) is 3. The zero-order chi connectivity index (χ0) is 25.0. The summed E-state index contributed by atoms with van der Waals surface area (Å²) in [6.07, 6.45) is 1.36. The minimum Gasteiger partial charge on any atom is -0.493 e. The number of carbonyl (C=O) groups excluding carboxylic acids is 3. The van der Waals surface area contributed by atoms with Crippen molar-refractivity contribution >= 4 is 29.6 Å². The fourth-order valence-corrected chi connectivity index (χ4v) is 3.00. The molecule has 9 nitrogen and oxygen atoms in total. The largest absolute Gasteiger partial charge is 0.493 e. The van der Waals surface area contributed by atoms with Crippen molar-refractivity contribution in [3.8, 4) is 11.5 Å². The van der Waals surface area contributed by atoms with E-state index < -0.39 is 11.8 Å². The van der Waals surface area contributed by atoms with Gasteiger partial charge in [0.2, 0.25) is 0 Å². The molecule has 9 heteroatoms. The number of ether oxygens (including phenoxy) is 2. The van der Waals surface area contributed by atoms with Crippen LogP contribution in [-0.4, -0.2) is 37.7 Å². The lowest BCUT2D eigenvalue weighted by Gasteiger charge is -2.12. The summed E-state index contributed by atoms with van der Waals surface area (Å²) in [6.45, 7) is 1.93. The summed E-state index contributed by atoms with van der Waals surface area (Å²) in [5, 5.41) is 9.12. The Hall–Kier alpha value is -4.66. The van der Waals surface area contributed by atoms with Crippen LogP contribution in [0.5, 0.6) is 11.5 Å². The van der Waals surface area contributed by atoms with Gasteiger partial charge in [-0.15, -0.1) is 0 Å². The van der Waals surface area contributed by atoms with Gasteiger partial charge in [-0.05, 0) is 47.9 Å². The van der Waals surface area contributed by atoms with Crippen molar-refractivity contribution in [2.45, 2.75) is 13.5 Å². The van der Waals surface area contributed by atoms with Crippen LogP contribution in [0.3, 0.4) is 0 Å². The number of hydrogen-bond acceptors (Lipinski definition) is 6. The third-order valence-electron chi connectivity index (χ3n) is 4.85. The Labute approximate surface area is 203 Å². The molecule has 0 bridgehead atoms. The van der Waals surface area contributed by atoms with Gasteiger partial charge in [-0.3, -0.25) is 14.4 Å². The van der Waals surface area contributed by atoms with Crippen LogP contribution in [0.25, 0.3) is 0 Å². The summed E-state index contributed by atoms with van der Waals surface area (Å²) in [4.78, 5) is 36.0. The van der Waals surface area contributed by atoms with Crippen LogP contribution in [0.1, 0.15) is 16.7 Å². The van der Waals surface area contributed by atoms with Crippen LogP contribution >= 0.6 is 0 Å². The van der Waals surface area contributed by atoms with Gasteiger partial charge in [0.25, 0.3) is 5.91 Å². The van der Waals surface area contributed by atoms with Crippen LogP contribution in [0.15, 0.2) is 77.9 Å². The van der Waals surface area contributed by atoms with E-state index in [1.165, 1.54) is 13.3 Å². The molecule has 35 heavy (non-hydrogen) atoms. The zero-order valence-electron chi connectivity index (χ0n) is 19.4. The monoisotopic (exact) mass is 474 g/mol. The molecule has 3 rings (SSSR count). The maximum Gasteiger partial charge on any atom is 0.329 e. The Balaban J connectivity index is 1.49. The molecule has 3 amide bonds. The highest BCUT2D eigenvalue weighted by Crippen LogP contribution is 2.27. The van der Waals surface area contributed by atoms with Crippen molar-refractivity contribution in [3.05, 3.63) is 89.5 Å². The molecule has 0 fully saturated rings. The summed E-state index contributed by atoms with van der Waals surface area (Å²) in [7, 11) is 1.47. The van der Waals surface area contributed by atoms with Gasteiger partial charge < -0.3 is 20.1 Å². The number of benzene rings is 3. The van der Waals surface area contributed by atoms with Gasteiger partial charge in [0.15, 0.2) is 18.1 Å². The number of aryl methyl sites for hydroxylation is 1. The molecule has 180 valence electrons. The van der Waals surface area contributed by atoms with Gasteiger partial charge in [-0.2, -0.15) is 5.10 Å².